The molecule has 1 aliphatic heterocycles. The second-order valence-corrected chi connectivity index (χ2v) is 5.36. The van der Waals surface area contributed by atoms with E-state index in [1.165, 1.54) is 5.56 Å². The zero-order valence-corrected chi connectivity index (χ0v) is 11.6. The molecule has 102 valence electrons. The van der Waals surface area contributed by atoms with Crippen molar-refractivity contribution in [2.24, 2.45) is 0 Å². The molecular formula is C14H17ClN2O2. The highest BCUT2D eigenvalue weighted by Gasteiger charge is 2.21. The van der Waals surface area contributed by atoms with Gasteiger partial charge in [0.25, 0.3) is 0 Å². The number of amides is 3. The van der Waals surface area contributed by atoms with Crippen molar-refractivity contribution in [3.05, 3.63) is 35.4 Å². The van der Waals surface area contributed by atoms with Crippen LogP contribution in [0.25, 0.3) is 0 Å². The number of alkyl halides is 1. The highest BCUT2D eigenvalue weighted by Crippen LogP contribution is 2.18. The average molecular weight is 281 g/mol. The summed E-state index contributed by atoms with van der Waals surface area (Å²) in [5, 5.41) is 1.62. The van der Waals surface area contributed by atoms with E-state index >= 15 is 0 Å². The Balaban J connectivity index is 2.06. The number of imide groups is 1. The third-order valence-electron chi connectivity index (χ3n) is 3.23. The lowest BCUT2D eigenvalue weighted by Crippen LogP contribution is -2.44. The summed E-state index contributed by atoms with van der Waals surface area (Å²) >= 11 is 5.64. The van der Waals surface area contributed by atoms with Crippen LogP contribution in [-0.4, -0.2) is 28.8 Å². The molecule has 4 nitrogen and oxygen atoms in total. The van der Waals surface area contributed by atoms with Crippen LogP contribution in [0.2, 0.25) is 0 Å². The Morgan fingerprint density at radius 2 is 2.00 bits per heavy atom. The van der Waals surface area contributed by atoms with Crippen LogP contribution >= 0.6 is 11.6 Å². The zero-order valence-electron chi connectivity index (χ0n) is 10.9. The average Bonchev–Trinajstić information content (AvgIpc) is 2.60. The van der Waals surface area contributed by atoms with Gasteiger partial charge in [0.1, 0.15) is 5.38 Å². The normalized spacial score (nSPS) is 16.2. The van der Waals surface area contributed by atoms with Gasteiger partial charge in [0, 0.05) is 13.1 Å². The molecule has 3 amide bonds. The minimum Gasteiger partial charge on any atom is -0.320 e. The fourth-order valence-corrected chi connectivity index (χ4v) is 2.21. The van der Waals surface area contributed by atoms with E-state index in [1.54, 1.807) is 11.8 Å². The fourth-order valence-electron chi connectivity index (χ4n) is 2.16. The van der Waals surface area contributed by atoms with Gasteiger partial charge in [0.15, 0.2) is 0 Å². The summed E-state index contributed by atoms with van der Waals surface area (Å²) in [6.07, 6.45) is 1.86. The van der Waals surface area contributed by atoms with Crippen LogP contribution in [0.1, 0.15) is 24.5 Å². The lowest BCUT2D eigenvalue weighted by Gasteiger charge is -2.21. The molecule has 0 bridgehead atoms. The second kappa shape index (κ2) is 6.06. The number of aryl methyl sites for hydroxylation is 1. The summed E-state index contributed by atoms with van der Waals surface area (Å²) in [7, 11) is 0. The number of rotatable bonds is 1. The molecule has 1 aromatic carbocycles. The molecule has 0 spiro atoms. The van der Waals surface area contributed by atoms with E-state index in [0.29, 0.717) is 13.1 Å². The summed E-state index contributed by atoms with van der Waals surface area (Å²) in [6, 6.07) is 7.71. The molecule has 19 heavy (non-hydrogen) atoms. The van der Waals surface area contributed by atoms with Crippen molar-refractivity contribution >= 4 is 23.5 Å². The van der Waals surface area contributed by atoms with E-state index in [4.69, 9.17) is 11.6 Å². The quantitative estimate of drug-likeness (QED) is 0.803. The molecule has 0 aliphatic carbocycles. The predicted molar refractivity (Wildman–Crippen MR) is 74.0 cm³/mol. The number of benzene rings is 1. The number of nitrogens with one attached hydrogen (secondary N) is 1. The Morgan fingerprint density at radius 3 is 2.68 bits per heavy atom. The first-order valence-corrected chi connectivity index (χ1v) is 6.82. The molecule has 0 saturated heterocycles. The number of carbonyl (C=O) groups is 2. The SMILES string of the molecule is CC(Cl)C(=O)NC(=O)N1CCCc2ccccc2C1. The van der Waals surface area contributed by atoms with Crippen LogP contribution in [0.4, 0.5) is 4.79 Å². The highest BCUT2D eigenvalue weighted by atomic mass is 35.5. The zero-order chi connectivity index (χ0) is 13.8. The van der Waals surface area contributed by atoms with E-state index < -0.39 is 11.3 Å². The molecule has 1 N–H and O–H groups in total. The summed E-state index contributed by atoms with van der Waals surface area (Å²) in [5.74, 6) is -0.454. The maximum Gasteiger partial charge on any atom is 0.324 e. The lowest BCUT2D eigenvalue weighted by molar-refractivity contribution is -0.119. The number of urea groups is 1. The van der Waals surface area contributed by atoms with Crippen molar-refractivity contribution in [3.8, 4) is 0 Å². The fraction of sp³-hybridized carbons (Fsp3) is 0.429. The smallest absolute Gasteiger partial charge is 0.320 e. The Hall–Kier alpha value is -1.55. The number of hydrogen-bond donors (Lipinski definition) is 1. The minimum atomic E-state index is -0.705. The molecule has 1 unspecified atom stereocenters. The van der Waals surface area contributed by atoms with Gasteiger partial charge in [-0.3, -0.25) is 10.1 Å². The first-order chi connectivity index (χ1) is 9.08. The van der Waals surface area contributed by atoms with Crippen LogP contribution in [0, 0.1) is 0 Å². The Kier molecular flexibility index (Phi) is 4.43. The van der Waals surface area contributed by atoms with Gasteiger partial charge in [-0.2, -0.15) is 0 Å². The van der Waals surface area contributed by atoms with Crippen LogP contribution in [0.3, 0.4) is 0 Å². The van der Waals surface area contributed by atoms with Crippen molar-refractivity contribution < 1.29 is 9.59 Å². The van der Waals surface area contributed by atoms with Gasteiger partial charge in [0.05, 0.1) is 0 Å². The Morgan fingerprint density at radius 1 is 1.32 bits per heavy atom. The van der Waals surface area contributed by atoms with Gasteiger partial charge in [-0.15, -0.1) is 11.6 Å². The Bertz CT molecular complexity index is 488. The van der Waals surface area contributed by atoms with Gasteiger partial charge in [-0.05, 0) is 30.9 Å². The Labute approximate surface area is 117 Å². The molecular weight excluding hydrogens is 264 g/mol. The number of nitrogens with zero attached hydrogens (tertiary/aromatic N) is 1. The lowest BCUT2D eigenvalue weighted by atomic mass is 10.0. The van der Waals surface area contributed by atoms with Gasteiger partial charge >= 0.3 is 6.03 Å². The predicted octanol–water partition coefficient (Wildman–Crippen LogP) is 2.30. The first kappa shape index (κ1) is 13.9. The summed E-state index contributed by atoms with van der Waals surface area (Å²) in [6.45, 7) is 2.72. The summed E-state index contributed by atoms with van der Waals surface area (Å²) in [4.78, 5) is 25.1. The molecule has 0 aromatic heterocycles. The summed E-state index contributed by atoms with van der Waals surface area (Å²) in [5.41, 5.74) is 2.41. The van der Waals surface area contributed by atoms with E-state index in [-0.39, 0.29) is 6.03 Å². The molecule has 1 atom stereocenters. The maximum absolute atomic E-state index is 12.0. The van der Waals surface area contributed by atoms with Crippen molar-refractivity contribution in [2.75, 3.05) is 6.54 Å². The molecule has 5 heteroatoms. The largest absolute Gasteiger partial charge is 0.324 e. The first-order valence-electron chi connectivity index (χ1n) is 6.38. The number of halogens is 1. The molecule has 1 aromatic rings. The van der Waals surface area contributed by atoms with Crippen LogP contribution in [0.15, 0.2) is 24.3 Å². The molecule has 0 fully saturated rings. The molecule has 0 radical (unpaired) electrons. The summed E-state index contributed by atoms with van der Waals surface area (Å²) < 4.78 is 0. The van der Waals surface area contributed by atoms with E-state index in [2.05, 4.69) is 11.4 Å². The maximum atomic E-state index is 12.0. The van der Waals surface area contributed by atoms with Gasteiger partial charge in [-0.25, -0.2) is 4.79 Å². The van der Waals surface area contributed by atoms with E-state index in [0.717, 1.165) is 18.4 Å². The van der Waals surface area contributed by atoms with Crippen molar-refractivity contribution in [2.45, 2.75) is 31.7 Å². The van der Waals surface area contributed by atoms with Crippen LogP contribution < -0.4 is 5.32 Å². The third kappa shape index (κ3) is 3.47. The van der Waals surface area contributed by atoms with Crippen molar-refractivity contribution in [3.63, 3.8) is 0 Å². The number of hydrogen-bond acceptors (Lipinski definition) is 2. The topological polar surface area (TPSA) is 49.4 Å². The van der Waals surface area contributed by atoms with E-state index in [1.807, 2.05) is 18.2 Å². The molecule has 0 saturated carbocycles. The van der Waals surface area contributed by atoms with Crippen molar-refractivity contribution in [1.29, 1.82) is 0 Å². The minimum absolute atomic E-state index is 0.366. The standard InChI is InChI=1S/C14H17ClN2O2/c1-10(15)13(18)16-14(19)17-8-4-7-11-5-2-3-6-12(11)9-17/h2-3,5-6,10H,4,7-9H2,1H3,(H,16,18,19). The van der Waals surface area contributed by atoms with Gasteiger partial charge in [-0.1, -0.05) is 24.3 Å². The van der Waals surface area contributed by atoms with E-state index in [9.17, 15) is 9.59 Å². The van der Waals surface area contributed by atoms with Crippen LogP contribution in [-0.2, 0) is 17.8 Å². The third-order valence-corrected chi connectivity index (χ3v) is 3.43. The van der Waals surface area contributed by atoms with Crippen LogP contribution in [0.5, 0.6) is 0 Å². The van der Waals surface area contributed by atoms with Gasteiger partial charge < -0.3 is 4.90 Å². The number of fused-ring (bicyclic) bond motifs is 1. The second-order valence-electron chi connectivity index (χ2n) is 4.70. The number of carbonyl (C=O) groups excluding carboxylic acids is 2. The monoisotopic (exact) mass is 280 g/mol. The molecule has 1 heterocycles. The molecule has 1 aliphatic rings. The van der Waals surface area contributed by atoms with Gasteiger partial charge in [0.2, 0.25) is 5.91 Å². The molecule has 2 rings (SSSR count). The van der Waals surface area contributed by atoms with Crippen molar-refractivity contribution in [1.82, 2.24) is 10.2 Å². The highest BCUT2D eigenvalue weighted by molar-refractivity contribution is 6.31.